The van der Waals surface area contributed by atoms with Crippen molar-refractivity contribution in [3.05, 3.63) is 72.9 Å². The lowest BCUT2D eigenvalue weighted by Gasteiger charge is -2.23. The molecule has 0 aliphatic carbocycles. The molecule has 1 aliphatic heterocycles. The molecule has 164 valence electrons. The Kier molecular flexibility index (Phi) is 6.09. The molecule has 0 saturated carbocycles. The van der Waals surface area contributed by atoms with Crippen molar-refractivity contribution in [3.63, 3.8) is 0 Å². The van der Waals surface area contributed by atoms with E-state index in [9.17, 15) is 4.39 Å². The fourth-order valence-electron chi connectivity index (χ4n) is 4.29. The van der Waals surface area contributed by atoms with Gasteiger partial charge in [0.05, 0.1) is 25.1 Å². The van der Waals surface area contributed by atoms with Gasteiger partial charge in [0, 0.05) is 30.4 Å². The van der Waals surface area contributed by atoms with Gasteiger partial charge in [-0.15, -0.1) is 0 Å². The Labute approximate surface area is 186 Å². The molecule has 1 saturated heterocycles. The van der Waals surface area contributed by atoms with Crippen LogP contribution in [0.1, 0.15) is 6.42 Å². The number of ether oxygens (including phenoxy) is 1. The first-order valence-electron chi connectivity index (χ1n) is 11.1. The molecule has 2 N–H and O–H groups in total. The van der Waals surface area contributed by atoms with Crippen molar-refractivity contribution >= 4 is 16.9 Å². The average Bonchev–Trinajstić information content (AvgIpc) is 3.24. The van der Waals surface area contributed by atoms with Crippen molar-refractivity contribution in [2.24, 2.45) is 0 Å². The highest BCUT2D eigenvalue weighted by atomic mass is 19.1. The van der Waals surface area contributed by atoms with Gasteiger partial charge in [0.25, 0.3) is 0 Å². The molecular formula is C25H27FN5O+. The van der Waals surface area contributed by atoms with Crippen LogP contribution >= 0.6 is 0 Å². The molecule has 0 amide bonds. The normalized spacial score (nSPS) is 14.7. The molecule has 4 aromatic rings. The number of nitrogens with zero attached hydrogens (tertiary/aromatic N) is 3. The number of fused-ring (bicyclic) bond motifs is 1. The summed E-state index contributed by atoms with van der Waals surface area (Å²) < 4.78 is 21.0. The standard InChI is InChI=1S/C25H26FN5O/c26-20-7-9-21(10-8-20)31-17-22(19-5-2-1-3-6-19)23-24(28-18-29-25(23)31)27-11-4-12-30-13-15-32-16-14-30/h1-3,5-10,17-18H,4,11-16H2,(H,27,28,29)/p+1. The van der Waals surface area contributed by atoms with Crippen molar-refractivity contribution in [1.29, 1.82) is 0 Å². The molecule has 32 heavy (non-hydrogen) atoms. The van der Waals surface area contributed by atoms with Gasteiger partial charge in [0.1, 0.15) is 31.1 Å². The van der Waals surface area contributed by atoms with Gasteiger partial charge in [0.2, 0.25) is 0 Å². The van der Waals surface area contributed by atoms with Crippen LogP contribution in [-0.4, -0.2) is 53.9 Å². The van der Waals surface area contributed by atoms with E-state index in [0.717, 1.165) is 79.5 Å². The second kappa shape index (κ2) is 9.46. The number of nitrogens with one attached hydrogen (secondary N) is 2. The summed E-state index contributed by atoms with van der Waals surface area (Å²) in [4.78, 5) is 10.8. The van der Waals surface area contributed by atoms with Crippen molar-refractivity contribution in [1.82, 2.24) is 14.5 Å². The van der Waals surface area contributed by atoms with Crippen LogP contribution in [0, 0.1) is 5.82 Å². The molecule has 0 spiro atoms. The van der Waals surface area contributed by atoms with Crippen LogP contribution in [0.25, 0.3) is 27.8 Å². The number of benzene rings is 2. The SMILES string of the molecule is Fc1ccc(-n2cc(-c3ccccc3)c3c(NCCC[NH+]4CCOCC4)ncnc32)cc1. The highest BCUT2D eigenvalue weighted by Gasteiger charge is 2.18. The Balaban J connectivity index is 1.47. The number of morpholine rings is 1. The molecule has 1 aliphatic rings. The van der Waals surface area contributed by atoms with Crippen LogP contribution in [0.4, 0.5) is 10.2 Å². The van der Waals surface area contributed by atoms with Crippen LogP contribution in [0.3, 0.4) is 0 Å². The van der Waals surface area contributed by atoms with Gasteiger partial charge in [-0.25, -0.2) is 14.4 Å². The number of aromatic nitrogens is 3. The Morgan fingerprint density at radius 3 is 2.56 bits per heavy atom. The summed E-state index contributed by atoms with van der Waals surface area (Å²) in [6.45, 7) is 5.82. The summed E-state index contributed by atoms with van der Waals surface area (Å²) in [5, 5.41) is 4.52. The predicted molar refractivity (Wildman–Crippen MR) is 124 cm³/mol. The van der Waals surface area contributed by atoms with E-state index in [0.29, 0.717) is 0 Å². The molecular weight excluding hydrogens is 405 g/mol. The monoisotopic (exact) mass is 432 g/mol. The fourth-order valence-corrected chi connectivity index (χ4v) is 4.29. The molecule has 3 heterocycles. The van der Waals surface area contributed by atoms with Crippen molar-refractivity contribution in [3.8, 4) is 16.8 Å². The average molecular weight is 433 g/mol. The van der Waals surface area contributed by atoms with E-state index in [1.807, 2.05) is 22.8 Å². The summed E-state index contributed by atoms with van der Waals surface area (Å²) in [6.07, 6.45) is 4.71. The molecule has 1 fully saturated rings. The van der Waals surface area contributed by atoms with E-state index in [4.69, 9.17) is 4.74 Å². The minimum Gasteiger partial charge on any atom is -0.370 e. The van der Waals surface area contributed by atoms with Gasteiger partial charge in [-0.2, -0.15) is 0 Å². The van der Waals surface area contributed by atoms with E-state index in [1.165, 1.54) is 12.1 Å². The van der Waals surface area contributed by atoms with Gasteiger partial charge >= 0.3 is 0 Å². The van der Waals surface area contributed by atoms with E-state index in [2.05, 4.69) is 33.6 Å². The highest BCUT2D eigenvalue weighted by molar-refractivity contribution is 6.02. The van der Waals surface area contributed by atoms with Crippen LogP contribution in [0.2, 0.25) is 0 Å². The number of hydrogen-bond acceptors (Lipinski definition) is 4. The van der Waals surface area contributed by atoms with E-state index < -0.39 is 0 Å². The summed E-state index contributed by atoms with van der Waals surface area (Å²) in [5.74, 6) is 0.569. The van der Waals surface area contributed by atoms with E-state index >= 15 is 0 Å². The van der Waals surface area contributed by atoms with Gasteiger partial charge in [-0.3, -0.25) is 0 Å². The maximum absolute atomic E-state index is 13.5. The summed E-state index contributed by atoms with van der Waals surface area (Å²) >= 11 is 0. The zero-order valence-electron chi connectivity index (χ0n) is 17.9. The lowest BCUT2D eigenvalue weighted by atomic mass is 10.1. The lowest BCUT2D eigenvalue weighted by molar-refractivity contribution is -0.908. The summed E-state index contributed by atoms with van der Waals surface area (Å²) in [6, 6.07) is 16.7. The Hall–Kier alpha value is -3.29. The molecule has 0 bridgehead atoms. The van der Waals surface area contributed by atoms with Crippen molar-refractivity contribution in [2.75, 3.05) is 44.7 Å². The van der Waals surface area contributed by atoms with Crippen molar-refractivity contribution in [2.45, 2.75) is 6.42 Å². The van der Waals surface area contributed by atoms with Crippen LogP contribution < -0.4 is 10.2 Å². The first-order valence-corrected chi connectivity index (χ1v) is 11.1. The third-order valence-electron chi connectivity index (χ3n) is 5.97. The van der Waals surface area contributed by atoms with Crippen LogP contribution in [0.5, 0.6) is 0 Å². The highest BCUT2D eigenvalue weighted by Crippen LogP contribution is 2.35. The molecule has 2 aromatic carbocycles. The minimum atomic E-state index is -0.257. The largest absolute Gasteiger partial charge is 0.370 e. The fraction of sp³-hybridized carbons (Fsp3) is 0.280. The third-order valence-corrected chi connectivity index (χ3v) is 5.97. The first kappa shape index (κ1) is 20.6. The van der Waals surface area contributed by atoms with Crippen molar-refractivity contribution < 1.29 is 14.0 Å². The smallest absolute Gasteiger partial charge is 0.150 e. The van der Waals surface area contributed by atoms with Gasteiger partial charge < -0.3 is 19.5 Å². The lowest BCUT2D eigenvalue weighted by Crippen LogP contribution is -3.14. The van der Waals surface area contributed by atoms with Crippen LogP contribution in [0.15, 0.2) is 67.1 Å². The van der Waals surface area contributed by atoms with Gasteiger partial charge in [-0.1, -0.05) is 30.3 Å². The number of quaternary nitrogens is 1. The third kappa shape index (κ3) is 4.35. The van der Waals surface area contributed by atoms with Gasteiger partial charge in [-0.05, 0) is 29.8 Å². The van der Waals surface area contributed by atoms with Gasteiger partial charge in [0.15, 0.2) is 5.65 Å². The summed E-state index contributed by atoms with van der Waals surface area (Å²) in [5.41, 5.74) is 3.80. The second-order valence-corrected chi connectivity index (χ2v) is 8.07. The number of halogens is 1. The molecule has 6 nitrogen and oxygen atoms in total. The molecule has 7 heteroatoms. The Morgan fingerprint density at radius 1 is 1.00 bits per heavy atom. The molecule has 0 unspecified atom stereocenters. The molecule has 0 radical (unpaired) electrons. The Bertz CT molecular complexity index is 1170. The van der Waals surface area contributed by atoms with E-state index in [1.54, 1.807) is 23.4 Å². The number of anilines is 1. The van der Waals surface area contributed by atoms with Crippen LogP contribution in [-0.2, 0) is 4.74 Å². The topological polar surface area (TPSA) is 56.4 Å². The maximum atomic E-state index is 13.5. The Morgan fingerprint density at radius 2 is 1.78 bits per heavy atom. The zero-order chi connectivity index (χ0) is 21.8. The number of rotatable bonds is 7. The quantitative estimate of drug-likeness (QED) is 0.441. The second-order valence-electron chi connectivity index (χ2n) is 8.07. The first-order chi connectivity index (χ1) is 15.8. The molecule has 2 aromatic heterocycles. The molecule has 5 rings (SSSR count). The van der Waals surface area contributed by atoms with E-state index in [-0.39, 0.29) is 5.82 Å². The number of hydrogen-bond donors (Lipinski definition) is 2. The molecule has 0 atom stereocenters. The summed E-state index contributed by atoms with van der Waals surface area (Å²) in [7, 11) is 0. The predicted octanol–water partition coefficient (Wildman–Crippen LogP) is 2.94. The minimum absolute atomic E-state index is 0.257. The zero-order valence-corrected chi connectivity index (χ0v) is 17.9. The maximum Gasteiger partial charge on any atom is 0.150 e.